The van der Waals surface area contributed by atoms with Crippen LogP contribution in [-0.4, -0.2) is 36.5 Å². The minimum absolute atomic E-state index is 0.0440. The number of hydrogen-bond acceptors (Lipinski definition) is 5. The van der Waals surface area contributed by atoms with E-state index in [1.807, 2.05) is 6.92 Å². The summed E-state index contributed by atoms with van der Waals surface area (Å²) in [5.41, 5.74) is 0.532. The number of ether oxygens (including phenoxy) is 2. The molecule has 0 radical (unpaired) electrons. The number of benzene rings is 2. The maximum absolute atomic E-state index is 12.2. The van der Waals surface area contributed by atoms with E-state index in [1.54, 1.807) is 24.3 Å². The average Bonchev–Trinajstić information content (AvgIpc) is 2.59. The number of rotatable bonds is 8. The molecule has 1 N–H and O–H groups in total. The monoisotopic (exact) mass is 314 g/mol. The minimum atomic E-state index is -0.616. The van der Waals surface area contributed by atoms with Gasteiger partial charge in [0.2, 0.25) is 11.6 Å². The highest BCUT2D eigenvalue weighted by Crippen LogP contribution is 2.16. The molecule has 5 nitrogen and oxygen atoms in total. The molecular weight excluding hydrogens is 296 g/mol. The summed E-state index contributed by atoms with van der Waals surface area (Å²) in [6.07, 6.45) is 0. The topological polar surface area (TPSA) is 72.8 Å². The van der Waals surface area contributed by atoms with E-state index in [4.69, 9.17) is 9.47 Å². The van der Waals surface area contributed by atoms with Gasteiger partial charge in [-0.2, -0.15) is 0 Å². The Bertz CT molecular complexity index is 659. The predicted octanol–water partition coefficient (Wildman–Crippen LogP) is 2.87. The lowest BCUT2D eigenvalue weighted by molar-refractivity contribution is 0.0817. The van der Waals surface area contributed by atoms with Crippen LogP contribution in [0, 0.1) is 0 Å². The van der Waals surface area contributed by atoms with Gasteiger partial charge in [0.05, 0.1) is 6.61 Å². The number of hydrogen-bond donors (Lipinski definition) is 1. The maximum atomic E-state index is 12.2. The molecule has 0 saturated carbocycles. The van der Waals surface area contributed by atoms with Crippen molar-refractivity contribution >= 4 is 11.6 Å². The molecule has 23 heavy (non-hydrogen) atoms. The molecule has 120 valence electrons. The molecule has 0 heterocycles. The number of phenols is 1. The van der Waals surface area contributed by atoms with Gasteiger partial charge in [-0.05, 0) is 55.5 Å². The molecule has 0 aromatic heterocycles. The fraction of sp³-hybridized carbons (Fsp3) is 0.222. The Kier molecular flexibility index (Phi) is 5.88. The lowest BCUT2D eigenvalue weighted by atomic mass is 10.0. The maximum Gasteiger partial charge on any atom is 0.233 e. The van der Waals surface area contributed by atoms with E-state index in [-0.39, 0.29) is 11.3 Å². The van der Waals surface area contributed by atoms with Crippen LogP contribution in [0.2, 0.25) is 0 Å². The van der Waals surface area contributed by atoms with Gasteiger partial charge in [-0.25, -0.2) is 0 Å². The molecule has 0 atom stereocenters. The van der Waals surface area contributed by atoms with Crippen LogP contribution in [-0.2, 0) is 4.74 Å². The molecule has 5 heteroatoms. The van der Waals surface area contributed by atoms with Gasteiger partial charge in [0.15, 0.2) is 0 Å². The van der Waals surface area contributed by atoms with Crippen LogP contribution in [0.4, 0.5) is 0 Å². The number of ketones is 2. The number of aromatic hydroxyl groups is 1. The molecule has 0 saturated heterocycles. The van der Waals surface area contributed by atoms with Crippen molar-refractivity contribution in [2.45, 2.75) is 6.92 Å². The third-order valence-corrected chi connectivity index (χ3v) is 3.15. The summed E-state index contributed by atoms with van der Waals surface area (Å²) in [7, 11) is 0. The van der Waals surface area contributed by atoms with Gasteiger partial charge in [-0.3, -0.25) is 9.59 Å². The summed E-state index contributed by atoms with van der Waals surface area (Å²) in [6, 6.07) is 12.0. The van der Waals surface area contributed by atoms with Gasteiger partial charge in [0.1, 0.15) is 18.1 Å². The van der Waals surface area contributed by atoms with Crippen molar-refractivity contribution in [3.63, 3.8) is 0 Å². The SMILES string of the molecule is CCOCCOc1ccc(C(=O)C(=O)c2ccc(O)cc2)cc1. The molecule has 0 aliphatic heterocycles. The Balaban J connectivity index is 1.99. The van der Waals surface area contributed by atoms with E-state index in [1.165, 1.54) is 24.3 Å². The smallest absolute Gasteiger partial charge is 0.233 e. The number of carbonyl (C=O) groups excluding carboxylic acids is 2. The average molecular weight is 314 g/mol. The first-order valence-electron chi connectivity index (χ1n) is 7.30. The first kappa shape index (κ1) is 16.7. The molecule has 0 aliphatic carbocycles. The Morgan fingerprint density at radius 1 is 0.870 bits per heavy atom. The largest absolute Gasteiger partial charge is 0.508 e. The van der Waals surface area contributed by atoms with Crippen LogP contribution in [0.15, 0.2) is 48.5 Å². The minimum Gasteiger partial charge on any atom is -0.508 e. The van der Waals surface area contributed by atoms with Crippen LogP contribution in [0.1, 0.15) is 27.6 Å². The summed E-state index contributed by atoms with van der Waals surface area (Å²) in [4.78, 5) is 24.3. The second kappa shape index (κ2) is 8.10. The Morgan fingerprint density at radius 2 is 1.39 bits per heavy atom. The third-order valence-electron chi connectivity index (χ3n) is 3.15. The fourth-order valence-electron chi connectivity index (χ4n) is 1.94. The van der Waals surface area contributed by atoms with Crippen molar-refractivity contribution < 1.29 is 24.2 Å². The Hall–Kier alpha value is -2.66. The van der Waals surface area contributed by atoms with Crippen molar-refractivity contribution in [1.29, 1.82) is 0 Å². The number of Topliss-reactive ketones (excluding diaryl/α,β-unsaturated/α-hetero) is 2. The summed E-state index contributed by atoms with van der Waals surface area (Å²) in [6.45, 7) is 3.46. The van der Waals surface area contributed by atoms with Crippen LogP contribution in [0.5, 0.6) is 11.5 Å². The van der Waals surface area contributed by atoms with Crippen molar-refractivity contribution in [3.05, 3.63) is 59.7 Å². The summed E-state index contributed by atoms with van der Waals surface area (Å²) in [5.74, 6) is -0.563. The second-order valence-electron chi connectivity index (χ2n) is 4.77. The molecule has 0 aliphatic rings. The summed E-state index contributed by atoms with van der Waals surface area (Å²) in [5, 5.41) is 9.21. The molecular formula is C18H18O5. The molecule has 2 aromatic rings. The van der Waals surface area contributed by atoms with Crippen molar-refractivity contribution in [2.24, 2.45) is 0 Å². The first-order valence-corrected chi connectivity index (χ1v) is 7.30. The van der Waals surface area contributed by atoms with Crippen LogP contribution >= 0.6 is 0 Å². The highest BCUT2D eigenvalue weighted by molar-refractivity contribution is 6.49. The standard InChI is InChI=1S/C18H18O5/c1-2-22-11-12-23-16-9-5-14(6-10-16)18(21)17(20)13-3-7-15(19)8-4-13/h3-10,19H,2,11-12H2,1H3. The van der Waals surface area contributed by atoms with E-state index in [9.17, 15) is 14.7 Å². The Morgan fingerprint density at radius 3 is 1.91 bits per heavy atom. The molecule has 0 amide bonds. The highest BCUT2D eigenvalue weighted by atomic mass is 16.5. The fourth-order valence-corrected chi connectivity index (χ4v) is 1.94. The van der Waals surface area contributed by atoms with Crippen molar-refractivity contribution in [2.75, 3.05) is 19.8 Å². The first-order chi connectivity index (χ1) is 11.1. The highest BCUT2D eigenvalue weighted by Gasteiger charge is 2.18. The number of carbonyl (C=O) groups is 2. The van der Waals surface area contributed by atoms with Gasteiger partial charge in [-0.1, -0.05) is 0 Å². The number of phenolic OH excluding ortho intramolecular Hbond substituents is 1. The van der Waals surface area contributed by atoms with Gasteiger partial charge in [-0.15, -0.1) is 0 Å². The zero-order chi connectivity index (χ0) is 16.7. The molecule has 0 fully saturated rings. The zero-order valence-electron chi connectivity index (χ0n) is 12.8. The molecule has 2 rings (SSSR count). The van der Waals surface area contributed by atoms with Crippen LogP contribution in [0.3, 0.4) is 0 Å². The molecule has 0 spiro atoms. The van der Waals surface area contributed by atoms with Crippen LogP contribution < -0.4 is 4.74 Å². The van der Waals surface area contributed by atoms with Crippen molar-refractivity contribution in [1.82, 2.24) is 0 Å². The summed E-state index contributed by atoms with van der Waals surface area (Å²) >= 11 is 0. The quantitative estimate of drug-likeness (QED) is 0.461. The lowest BCUT2D eigenvalue weighted by Gasteiger charge is -2.07. The predicted molar refractivity (Wildman–Crippen MR) is 85.2 cm³/mol. The second-order valence-corrected chi connectivity index (χ2v) is 4.77. The van der Waals surface area contributed by atoms with Crippen LogP contribution in [0.25, 0.3) is 0 Å². The molecule has 2 aromatic carbocycles. The van der Waals surface area contributed by atoms with E-state index in [0.717, 1.165) is 0 Å². The van der Waals surface area contributed by atoms with Crippen molar-refractivity contribution in [3.8, 4) is 11.5 Å². The normalized spacial score (nSPS) is 10.3. The zero-order valence-corrected chi connectivity index (χ0v) is 12.8. The Labute approximate surface area is 134 Å². The molecule has 0 bridgehead atoms. The lowest BCUT2D eigenvalue weighted by Crippen LogP contribution is -2.14. The molecule has 0 unspecified atom stereocenters. The van der Waals surface area contributed by atoms with E-state index in [2.05, 4.69) is 0 Å². The van der Waals surface area contributed by atoms with Gasteiger partial charge >= 0.3 is 0 Å². The van der Waals surface area contributed by atoms with Gasteiger partial charge in [0.25, 0.3) is 0 Å². The van der Waals surface area contributed by atoms with E-state index >= 15 is 0 Å². The summed E-state index contributed by atoms with van der Waals surface area (Å²) < 4.78 is 10.6. The van der Waals surface area contributed by atoms with Gasteiger partial charge in [0, 0.05) is 17.7 Å². The third kappa shape index (κ3) is 4.66. The van der Waals surface area contributed by atoms with E-state index in [0.29, 0.717) is 31.1 Å². The van der Waals surface area contributed by atoms with E-state index < -0.39 is 11.6 Å². The van der Waals surface area contributed by atoms with Gasteiger partial charge < -0.3 is 14.6 Å².